The summed E-state index contributed by atoms with van der Waals surface area (Å²) in [6, 6.07) is -0.0104. The fourth-order valence-corrected chi connectivity index (χ4v) is 2.10. The second-order valence-electron chi connectivity index (χ2n) is 3.67. The van der Waals surface area contributed by atoms with Crippen molar-refractivity contribution in [1.29, 1.82) is 0 Å². The molecule has 5 nitrogen and oxygen atoms in total. The number of carbonyl (C=O) groups is 1. The SMILES string of the molecule is O=C(O)[C@@H]1CCCC[C@@H]1n1cncn1. The predicted octanol–water partition coefficient (Wildman–Crippen LogP) is 1.09. The van der Waals surface area contributed by atoms with Crippen molar-refractivity contribution in [2.75, 3.05) is 0 Å². The normalized spacial score (nSPS) is 27.4. The zero-order valence-corrected chi connectivity index (χ0v) is 7.83. The van der Waals surface area contributed by atoms with Gasteiger partial charge in [-0.1, -0.05) is 12.8 Å². The summed E-state index contributed by atoms with van der Waals surface area (Å²) in [6.45, 7) is 0. The highest BCUT2D eigenvalue weighted by atomic mass is 16.4. The number of carboxylic acid groups (broad SMARTS) is 1. The Kier molecular flexibility index (Phi) is 2.47. The van der Waals surface area contributed by atoms with Gasteiger partial charge in [-0.3, -0.25) is 4.79 Å². The van der Waals surface area contributed by atoms with Gasteiger partial charge in [-0.25, -0.2) is 9.67 Å². The largest absolute Gasteiger partial charge is 0.481 e. The summed E-state index contributed by atoms with van der Waals surface area (Å²) in [5.74, 6) is -1.02. The van der Waals surface area contributed by atoms with E-state index < -0.39 is 5.97 Å². The molecule has 0 unspecified atom stereocenters. The molecule has 1 aromatic rings. The average molecular weight is 195 g/mol. The van der Waals surface area contributed by atoms with Crippen molar-refractivity contribution < 1.29 is 9.90 Å². The first-order valence-electron chi connectivity index (χ1n) is 4.86. The summed E-state index contributed by atoms with van der Waals surface area (Å²) in [7, 11) is 0. The van der Waals surface area contributed by atoms with Crippen LogP contribution in [0.2, 0.25) is 0 Å². The molecule has 0 radical (unpaired) electrons. The molecule has 1 heterocycles. The lowest BCUT2D eigenvalue weighted by atomic mass is 9.85. The van der Waals surface area contributed by atoms with E-state index in [-0.39, 0.29) is 12.0 Å². The Labute approximate surface area is 81.8 Å². The van der Waals surface area contributed by atoms with Crippen LogP contribution in [-0.4, -0.2) is 25.8 Å². The maximum atomic E-state index is 11.0. The van der Waals surface area contributed by atoms with E-state index in [1.54, 1.807) is 11.0 Å². The molecule has 0 bridgehead atoms. The first kappa shape index (κ1) is 9.18. The Bertz CT molecular complexity index is 310. The van der Waals surface area contributed by atoms with E-state index in [1.165, 1.54) is 6.33 Å². The molecule has 2 rings (SSSR count). The first-order valence-corrected chi connectivity index (χ1v) is 4.86. The van der Waals surface area contributed by atoms with Crippen molar-refractivity contribution >= 4 is 5.97 Å². The maximum Gasteiger partial charge on any atom is 0.308 e. The average Bonchev–Trinajstić information content (AvgIpc) is 2.70. The number of hydrogen-bond donors (Lipinski definition) is 1. The minimum absolute atomic E-state index is 0.0104. The molecule has 5 heteroatoms. The number of aliphatic carboxylic acids is 1. The highest BCUT2D eigenvalue weighted by Gasteiger charge is 2.32. The number of aromatic nitrogens is 3. The first-order chi connectivity index (χ1) is 6.79. The van der Waals surface area contributed by atoms with Crippen LogP contribution in [0.1, 0.15) is 31.7 Å². The molecule has 1 aliphatic carbocycles. The molecule has 2 atom stereocenters. The molecule has 14 heavy (non-hydrogen) atoms. The van der Waals surface area contributed by atoms with E-state index in [4.69, 9.17) is 5.11 Å². The smallest absolute Gasteiger partial charge is 0.308 e. The molecule has 1 N–H and O–H groups in total. The van der Waals surface area contributed by atoms with Crippen LogP contribution in [0.4, 0.5) is 0 Å². The van der Waals surface area contributed by atoms with E-state index in [0.29, 0.717) is 0 Å². The fraction of sp³-hybridized carbons (Fsp3) is 0.667. The molecular formula is C9H13N3O2. The van der Waals surface area contributed by atoms with Crippen LogP contribution in [-0.2, 0) is 4.79 Å². The Balaban J connectivity index is 2.18. The van der Waals surface area contributed by atoms with Gasteiger partial charge in [0.15, 0.2) is 0 Å². The van der Waals surface area contributed by atoms with Crippen LogP contribution in [0.15, 0.2) is 12.7 Å². The molecule has 0 spiro atoms. The Hall–Kier alpha value is -1.39. The standard InChI is InChI=1S/C9H13N3O2/c13-9(14)7-3-1-2-4-8(7)12-6-10-5-11-12/h5-8H,1-4H2,(H,13,14)/t7-,8+/m1/s1. The molecular weight excluding hydrogens is 182 g/mol. The van der Waals surface area contributed by atoms with E-state index in [9.17, 15) is 4.79 Å². The van der Waals surface area contributed by atoms with E-state index in [1.807, 2.05) is 0 Å². The van der Waals surface area contributed by atoms with Crippen LogP contribution in [0, 0.1) is 5.92 Å². The third-order valence-electron chi connectivity index (χ3n) is 2.82. The van der Waals surface area contributed by atoms with Crippen LogP contribution in [0.3, 0.4) is 0 Å². The molecule has 0 amide bonds. The molecule has 1 fully saturated rings. The van der Waals surface area contributed by atoms with Gasteiger partial charge in [0.25, 0.3) is 0 Å². The van der Waals surface area contributed by atoms with Crippen LogP contribution < -0.4 is 0 Å². The van der Waals surface area contributed by atoms with Crippen molar-refractivity contribution in [3.8, 4) is 0 Å². The topological polar surface area (TPSA) is 68.0 Å². The third-order valence-corrected chi connectivity index (χ3v) is 2.82. The molecule has 76 valence electrons. The number of hydrogen-bond acceptors (Lipinski definition) is 3. The van der Waals surface area contributed by atoms with Crippen LogP contribution in [0.25, 0.3) is 0 Å². The van der Waals surface area contributed by atoms with E-state index in [2.05, 4.69) is 10.1 Å². The summed E-state index contributed by atoms with van der Waals surface area (Å²) < 4.78 is 1.68. The second kappa shape index (κ2) is 3.77. The predicted molar refractivity (Wildman–Crippen MR) is 48.7 cm³/mol. The zero-order valence-electron chi connectivity index (χ0n) is 7.83. The second-order valence-corrected chi connectivity index (χ2v) is 3.67. The van der Waals surface area contributed by atoms with Crippen molar-refractivity contribution in [1.82, 2.24) is 14.8 Å². The number of rotatable bonds is 2. The van der Waals surface area contributed by atoms with Gasteiger partial charge < -0.3 is 5.11 Å². The highest BCUT2D eigenvalue weighted by Crippen LogP contribution is 2.33. The van der Waals surface area contributed by atoms with Crippen molar-refractivity contribution in [3.05, 3.63) is 12.7 Å². The summed E-state index contributed by atoms with van der Waals surface area (Å²) in [5.41, 5.74) is 0. The summed E-state index contributed by atoms with van der Waals surface area (Å²) in [5, 5.41) is 13.1. The molecule has 1 saturated carbocycles. The monoisotopic (exact) mass is 195 g/mol. The lowest BCUT2D eigenvalue weighted by molar-refractivity contribution is -0.144. The Morgan fingerprint density at radius 1 is 1.43 bits per heavy atom. The molecule has 1 aromatic heterocycles. The fourth-order valence-electron chi connectivity index (χ4n) is 2.10. The number of carboxylic acids is 1. The van der Waals surface area contributed by atoms with Gasteiger partial charge >= 0.3 is 5.97 Å². The van der Waals surface area contributed by atoms with E-state index >= 15 is 0 Å². The zero-order chi connectivity index (χ0) is 9.97. The van der Waals surface area contributed by atoms with Crippen molar-refractivity contribution in [2.45, 2.75) is 31.7 Å². The van der Waals surface area contributed by atoms with Gasteiger partial charge in [0.05, 0.1) is 12.0 Å². The van der Waals surface area contributed by atoms with Gasteiger partial charge in [-0.05, 0) is 12.8 Å². The molecule has 0 aliphatic heterocycles. The quantitative estimate of drug-likeness (QED) is 0.767. The molecule has 0 aromatic carbocycles. The van der Waals surface area contributed by atoms with Crippen LogP contribution in [0.5, 0.6) is 0 Å². The summed E-state index contributed by atoms with van der Waals surface area (Å²) >= 11 is 0. The van der Waals surface area contributed by atoms with Gasteiger partial charge in [0.2, 0.25) is 0 Å². The molecule has 0 saturated heterocycles. The van der Waals surface area contributed by atoms with Gasteiger partial charge in [-0.2, -0.15) is 5.10 Å². The highest BCUT2D eigenvalue weighted by molar-refractivity contribution is 5.70. The number of nitrogens with zero attached hydrogens (tertiary/aromatic N) is 3. The van der Waals surface area contributed by atoms with Gasteiger partial charge in [-0.15, -0.1) is 0 Å². The summed E-state index contributed by atoms with van der Waals surface area (Å²) in [6.07, 6.45) is 6.77. The Morgan fingerprint density at radius 2 is 2.21 bits per heavy atom. The van der Waals surface area contributed by atoms with Crippen molar-refractivity contribution in [3.63, 3.8) is 0 Å². The van der Waals surface area contributed by atoms with Gasteiger partial charge in [0, 0.05) is 0 Å². The Morgan fingerprint density at radius 3 is 2.86 bits per heavy atom. The lowest BCUT2D eigenvalue weighted by Crippen LogP contribution is -2.29. The lowest BCUT2D eigenvalue weighted by Gasteiger charge is -2.28. The van der Waals surface area contributed by atoms with Crippen molar-refractivity contribution in [2.24, 2.45) is 5.92 Å². The maximum absolute atomic E-state index is 11.0. The summed E-state index contributed by atoms with van der Waals surface area (Å²) in [4.78, 5) is 14.8. The van der Waals surface area contributed by atoms with E-state index in [0.717, 1.165) is 25.7 Å². The van der Waals surface area contributed by atoms with Crippen LogP contribution >= 0.6 is 0 Å². The van der Waals surface area contributed by atoms with Gasteiger partial charge in [0.1, 0.15) is 12.7 Å². The minimum Gasteiger partial charge on any atom is -0.481 e. The minimum atomic E-state index is -0.717. The molecule has 1 aliphatic rings. The third kappa shape index (κ3) is 1.62.